The Labute approximate surface area is 473 Å². The molecule has 43 heteroatoms. The van der Waals surface area contributed by atoms with Gasteiger partial charge in [0.15, 0.2) is 0 Å². The summed E-state index contributed by atoms with van der Waals surface area (Å²) in [6.45, 7) is -8.24. The van der Waals surface area contributed by atoms with Crippen LogP contribution >= 0.6 is 0 Å². The summed E-state index contributed by atoms with van der Waals surface area (Å²) in [7, 11) is 0. The second kappa shape index (κ2) is 37.3. The zero-order chi connectivity index (χ0) is 65.6. The number of carboxylic acid groups (broad SMARTS) is 7. The molecule has 0 rings (SSSR count). The van der Waals surface area contributed by atoms with Gasteiger partial charge in [-0.05, 0) is 0 Å². The molecule has 0 aliphatic rings. The lowest BCUT2D eigenvalue weighted by Gasteiger charge is -2.26. The number of amides is 11. The number of nitrogens with two attached hydrogens (primary N) is 1. The predicted octanol–water partition coefficient (Wildman–Crippen LogP) is -15.5. The molecule has 0 aromatic heterocycles. The molecule has 43 nitrogen and oxygen atoms in total. The summed E-state index contributed by atoms with van der Waals surface area (Å²) < 4.78 is 0. The normalized spacial score (nSPS) is 15.0. The maximum Gasteiger partial charge on any atom is 0.328 e. The Bertz CT molecular complexity index is 2520. The van der Waals surface area contributed by atoms with E-state index >= 15 is 0 Å². The minimum absolute atomic E-state index is 0.947. The van der Waals surface area contributed by atoms with Gasteiger partial charge in [-0.3, -0.25) is 81.5 Å². The van der Waals surface area contributed by atoms with Crippen LogP contribution in [0.5, 0.6) is 0 Å². The van der Waals surface area contributed by atoms with Crippen LogP contribution in [0.25, 0.3) is 0 Å². The number of carbonyl (C=O) groups excluding carboxylic acids is 11. The van der Waals surface area contributed by atoms with E-state index in [1.165, 1.54) is 0 Å². The predicted molar refractivity (Wildman–Crippen MR) is 263 cm³/mol. The molecule has 0 saturated heterocycles. The molecule has 0 fully saturated rings. The van der Waals surface area contributed by atoms with Crippen molar-refractivity contribution in [1.29, 1.82) is 0 Å². The summed E-state index contributed by atoms with van der Waals surface area (Å²) in [6, 6.07) is -26.3. The summed E-state index contributed by atoms with van der Waals surface area (Å²) in [5.41, 5.74) is 5.40. The molecule has 0 unspecified atom stereocenters. The first kappa shape index (κ1) is 75.2. The van der Waals surface area contributed by atoms with Crippen molar-refractivity contribution in [3.05, 3.63) is 0 Å². The van der Waals surface area contributed by atoms with Crippen LogP contribution in [0.15, 0.2) is 0 Å². The number of carbonyl (C=O) groups is 18. The van der Waals surface area contributed by atoms with Gasteiger partial charge in [0.05, 0.1) is 84.2 Å². The Balaban J connectivity index is 6.37. The Morgan fingerprint density at radius 3 is 0.518 bits per heavy atom. The number of aliphatic hydroxyl groups is 6. The second-order valence-electron chi connectivity index (χ2n) is 17.3. The molecule has 26 N–H and O–H groups in total. The second-order valence-corrected chi connectivity index (χ2v) is 17.3. The van der Waals surface area contributed by atoms with E-state index in [9.17, 15) is 142 Å². The van der Waals surface area contributed by atoms with E-state index in [1.807, 2.05) is 10.6 Å². The number of carboxylic acids is 7. The van der Waals surface area contributed by atoms with Crippen LogP contribution in [0.2, 0.25) is 0 Å². The fraction of sp³-hybridized carbons (Fsp3) is 0.571. The molecule has 0 bridgehead atoms. The van der Waals surface area contributed by atoms with Crippen LogP contribution in [0.1, 0.15) is 38.5 Å². The highest BCUT2D eigenvalue weighted by molar-refractivity contribution is 6.01. The molecule has 0 heterocycles. The largest absolute Gasteiger partial charge is 0.481 e. The SMILES string of the molecule is N[C@@H](CC(=O)O)C(=O)N[C@@H](CO)C(=O)N[C@@H](CC(=O)O)C(=O)N[C@@H](CO)C(=O)N[C@@H](CC(=O)O)C(=O)N[C@@H](CO)C(=O)N[C@@H](CC(=O)O)C(=O)N[C@@H](CO)C(=O)N[C@@H](CC(=O)O)C(=O)N[C@@H](CO)C(=O)N[C@@H](CC(=O)O)C(=O)N[C@@H](CO)C(=O)O. The molecule has 0 aliphatic heterocycles. The topological polar surface area (TPSA) is 729 Å². The van der Waals surface area contributed by atoms with Gasteiger partial charge in [-0.2, -0.15) is 0 Å². The summed E-state index contributed by atoms with van der Waals surface area (Å²) in [6.07, 6.45) is -7.74. The van der Waals surface area contributed by atoms with Crippen molar-refractivity contribution in [3.8, 4) is 0 Å². The molecule has 0 spiro atoms. The molecule has 85 heavy (non-hydrogen) atoms. The minimum atomic E-state index is -2.38. The third-order valence-electron chi connectivity index (χ3n) is 10.7. The number of hydrogen-bond acceptors (Lipinski definition) is 25. The quantitative estimate of drug-likeness (QED) is 0.0270. The number of nitrogens with one attached hydrogen (secondary N) is 11. The van der Waals surface area contributed by atoms with Crippen LogP contribution in [0.4, 0.5) is 0 Å². The lowest BCUT2D eigenvalue weighted by Crippen LogP contribution is -2.62. The molecule has 0 aromatic rings. The lowest BCUT2D eigenvalue weighted by atomic mass is 10.1. The lowest BCUT2D eigenvalue weighted by molar-refractivity contribution is -0.145. The van der Waals surface area contributed by atoms with Crippen molar-refractivity contribution in [2.75, 3.05) is 39.6 Å². The highest BCUT2D eigenvalue weighted by Crippen LogP contribution is 2.05. The third kappa shape index (κ3) is 27.7. The van der Waals surface area contributed by atoms with Gasteiger partial charge in [0.2, 0.25) is 65.0 Å². The summed E-state index contributed by atoms with van der Waals surface area (Å²) in [5.74, 6) is -30.0. The minimum Gasteiger partial charge on any atom is -0.481 e. The summed E-state index contributed by atoms with van der Waals surface area (Å²) >= 11 is 0. The number of aliphatic hydroxyl groups excluding tert-OH is 6. The first-order chi connectivity index (χ1) is 39.6. The van der Waals surface area contributed by atoms with Crippen LogP contribution < -0.4 is 64.2 Å². The van der Waals surface area contributed by atoms with Gasteiger partial charge in [0.25, 0.3) is 0 Å². The Morgan fingerprint density at radius 1 is 0.224 bits per heavy atom. The van der Waals surface area contributed by atoms with Gasteiger partial charge in [0.1, 0.15) is 66.5 Å². The van der Waals surface area contributed by atoms with Crippen LogP contribution in [-0.2, 0) is 86.3 Å². The molecule has 11 amide bonds. The fourth-order valence-electron chi connectivity index (χ4n) is 6.36. The van der Waals surface area contributed by atoms with E-state index in [-0.39, 0.29) is 0 Å². The van der Waals surface area contributed by atoms with Crippen molar-refractivity contribution in [1.82, 2.24) is 58.5 Å². The average Bonchev–Trinajstić information content (AvgIpc) is 3.56. The molecule has 0 aliphatic carbocycles. The first-order valence-corrected chi connectivity index (χ1v) is 23.9. The zero-order valence-corrected chi connectivity index (χ0v) is 43.7. The smallest absolute Gasteiger partial charge is 0.328 e. The summed E-state index contributed by atoms with van der Waals surface area (Å²) in [5, 5.41) is 143. The fourth-order valence-corrected chi connectivity index (χ4v) is 6.36. The van der Waals surface area contributed by atoms with Crippen molar-refractivity contribution in [3.63, 3.8) is 0 Å². The molecule has 0 aromatic carbocycles. The van der Waals surface area contributed by atoms with E-state index in [2.05, 4.69) is 0 Å². The molecule has 0 saturated carbocycles. The van der Waals surface area contributed by atoms with Crippen molar-refractivity contribution in [2.45, 2.75) is 111 Å². The molecule has 476 valence electrons. The highest BCUT2D eigenvalue weighted by atomic mass is 16.4. The maximum absolute atomic E-state index is 13.3. The maximum atomic E-state index is 13.3. The van der Waals surface area contributed by atoms with Crippen molar-refractivity contribution in [2.24, 2.45) is 5.73 Å². The Morgan fingerprint density at radius 2 is 0.365 bits per heavy atom. The Kier molecular flexibility index (Phi) is 33.0. The van der Waals surface area contributed by atoms with E-state index in [1.54, 1.807) is 47.9 Å². The van der Waals surface area contributed by atoms with Gasteiger partial charge in [-0.25, -0.2) is 4.79 Å². The highest BCUT2D eigenvalue weighted by Gasteiger charge is 2.38. The van der Waals surface area contributed by atoms with Gasteiger partial charge >= 0.3 is 41.8 Å². The standard InChI is InChI=1S/C42H62N12O31/c43-13(1-25(61)62)31(73)49-19(7-55)37(79)44-14(2-26(63)64)32(74)50-20(8-56)38(80)45-15(3-27(65)66)33(75)51-21(9-57)39(81)46-16(4-28(67)68)34(76)52-22(10-58)40(82)47-17(5-29(69)70)35(77)53-23(11-59)41(83)48-18(6-30(71)72)36(78)54-24(12-60)42(84)85/h13-24,55-60H,1-12,43H2,(H,44,79)(H,45,80)(H,46,81)(H,47,82)(H,48,83)(H,49,73)(H,50,74)(H,51,75)(H,52,76)(H,53,77)(H,54,78)(H,61,62)(H,63,64)(H,65,66)(H,67,68)(H,69,70)(H,71,72)(H,84,85)/t13-,14-,15-,16-,17-,18-,19-,20-,21-,22-,23-,24-/m0/s1. The van der Waals surface area contributed by atoms with Gasteiger partial charge in [-0.1, -0.05) is 0 Å². The molecule has 12 atom stereocenters. The molecular formula is C42H62N12O31. The van der Waals surface area contributed by atoms with Crippen molar-refractivity contribution < 1.29 is 153 Å². The third-order valence-corrected chi connectivity index (χ3v) is 10.7. The van der Waals surface area contributed by atoms with Gasteiger partial charge in [0, 0.05) is 0 Å². The molecular weight excluding hydrogens is 1170 g/mol. The Hall–Kier alpha value is -9.82. The van der Waals surface area contributed by atoms with E-state index in [0.717, 1.165) is 0 Å². The van der Waals surface area contributed by atoms with Crippen LogP contribution in [0, 0.1) is 0 Å². The number of hydrogen-bond donors (Lipinski definition) is 25. The van der Waals surface area contributed by atoms with Crippen LogP contribution in [0.3, 0.4) is 0 Å². The number of aliphatic carboxylic acids is 7. The van der Waals surface area contributed by atoms with E-state index < -0.39 is 257 Å². The van der Waals surface area contributed by atoms with Crippen molar-refractivity contribution >= 4 is 107 Å². The zero-order valence-electron chi connectivity index (χ0n) is 43.7. The monoisotopic (exact) mass is 1230 g/mol. The molecule has 0 radical (unpaired) electrons. The van der Waals surface area contributed by atoms with E-state index in [4.69, 9.17) is 15.9 Å². The van der Waals surface area contributed by atoms with Gasteiger partial charge < -0.3 is 131 Å². The van der Waals surface area contributed by atoms with E-state index in [0.29, 0.717) is 0 Å². The average molecular weight is 1230 g/mol. The summed E-state index contributed by atoms with van der Waals surface area (Å²) in [4.78, 5) is 224. The van der Waals surface area contributed by atoms with Crippen LogP contribution in [-0.4, -0.2) is 285 Å². The number of rotatable bonds is 41. The first-order valence-electron chi connectivity index (χ1n) is 23.9. The van der Waals surface area contributed by atoms with Gasteiger partial charge in [-0.15, -0.1) is 0 Å².